The number of rotatable bonds is 6. The van der Waals surface area contributed by atoms with Crippen molar-refractivity contribution in [3.63, 3.8) is 0 Å². The van der Waals surface area contributed by atoms with Gasteiger partial charge in [-0.05, 0) is 30.3 Å². The van der Waals surface area contributed by atoms with E-state index in [0.717, 1.165) is 5.03 Å². The van der Waals surface area contributed by atoms with Gasteiger partial charge in [0, 0.05) is 22.3 Å². The number of ketones is 1. The summed E-state index contributed by atoms with van der Waals surface area (Å²) >= 11 is 7.38. The first-order valence-corrected chi connectivity index (χ1v) is 9.23. The largest absolute Gasteiger partial charge is 0.325 e. The van der Waals surface area contributed by atoms with Crippen molar-refractivity contribution < 1.29 is 9.59 Å². The summed E-state index contributed by atoms with van der Waals surface area (Å²) in [5.74, 6) is -0.218. The Morgan fingerprint density at radius 3 is 2.50 bits per heavy atom. The number of anilines is 1. The molecule has 130 valence electrons. The molecule has 0 aliphatic carbocycles. The average molecular weight is 383 g/mol. The minimum atomic E-state index is -0.218. The Bertz CT molecular complexity index is 918. The Kier molecular flexibility index (Phi) is 6.04. The third kappa shape index (κ3) is 4.71. The number of nitrogens with zero attached hydrogens (tertiary/aromatic N) is 1. The van der Waals surface area contributed by atoms with E-state index in [4.69, 9.17) is 11.6 Å². The van der Waals surface area contributed by atoms with Crippen LogP contribution in [0.1, 0.15) is 15.9 Å². The maximum absolute atomic E-state index is 12.8. The van der Waals surface area contributed by atoms with E-state index in [1.165, 1.54) is 11.8 Å². The number of pyridine rings is 1. The van der Waals surface area contributed by atoms with Crippen LogP contribution >= 0.6 is 23.4 Å². The second kappa shape index (κ2) is 8.65. The van der Waals surface area contributed by atoms with Gasteiger partial charge in [-0.25, -0.2) is 4.98 Å². The van der Waals surface area contributed by atoms with E-state index in [0.29, 0.717) is 21.8 Å². The van der Waals surface area contributed by atoms with Crippen LogP contribution in [0, 0.1) is 0 Å². The predicted octanol–water partition coefficient (Wildman–Crippen LogP) is 4.70. The number of carbonyl (C=O) groups is 2. The molecule has 0 bridgehead atoms. The molecule has 3 aromatic rings. The fourth-order valence-electron chi connectivity index (χ4n) is 2.32. The highest BCUT2D eigenvalue weighted by molar-refractivity contribution is 7.99. The number of thioether (sulfide) groups is 1. The molecule has 1 N–H and O–H groups in total. The molecular formula is C20H15ClN2O2S. The van der Waals surface area contributed by atoms with E-state index in [9.17, 15) is 9.59 Å². The van der Waals surface area contributed by atoms with Gasteiger partial charge in [-0.3, -0.25) is 9.59 Å². The summed E-state index contributed by atoms with van der Waals surface area (Å²) in [5, 5.41) is 3.99. The molecule has 0 radical (unpaired) electrons. The van der Waals surface area contributed by atoms with E-state index in [2.05, 4.69) is 10.3 Å². The molecule has 6 heteroatoms. The second-order valence-electron chi connectivity index (χ2n) is 5.39. The van der Waals surface area contributed by atoms with Gasteiger partial charge < -0.3 is 5.32 Å². The molecule has 1 amide bonds. The standard InChI is InChI=1S/C20H15ClN2O2S/c21-15-9-10-17(16(12-15)20(25)14-6-2-1-3-7-14)23-18(24)13-26-19-8-4-5-11-22-19/h1-12H,13H2,(H,23,24). The predicted molar refractivity (Wildman–Crippen MR) is 105 cm³/mol. The molecule has 0 unspecified atom stereocenters. The van der Waals surface area contributed by atoms with Gasteiger partial charge in [0.25, 0.3) is 0 Å². The summed E-state index contributed by atoms with van der Waals surface area (Å²) in [4.78, 5) is 29.2. The van der Waals surface area contributed by atoms with Crippen LogP contribution in [0.25, 0.3) is 0 Å². The monoisotopic (exact) mass is 382 g/mol. The SMILES string of the molecule is O=C(CSc1ccccn1)Nc1ccc(Cl)cc1C(=O)c1ccccc1. The highest BCUT2D eigenvalue weighted by atomic mass is 35.5. The van der Waals surface area contributed by atoms with E-state index >= 15 is 0 Å². The lowest BCUT2D eigenvalue weighted by molar-refractivity contribution is -0.113. The van der Waals surface area contributed by atoms with Gasteiger partial charge in [0.1, 0.15) is 0 Å². The summed E-state index contributed by atoms with van der Waals surface area (Å²) < 4.78 is 0. The zero-order valence-corrected chi connectivity index (χ0v) is 15.3. The highest BCUT2D eigenvalue weighted by Gasteiger charge is 2.16. The number of halogens is 1. The molecule has 2 aromatic carbocycles. The van der Waals surface area contributed by atoms with Crippen LogP contribution in [0.15, 0.2) is 78.0 Å². The summed E-state index contributed by atoms with van der Waals surface area (Å²) in [6, 6.07) is 19.3. The Hall–Kier alpha value is -2.63. The number of aromatic nitrogens is 1. The van der Waals surface area contributed by atoms with Crippen molar-refractivity contribution in [2.45, 2.75) is 5.03 Å². The zero-order chi connectivity index (χ0) is 18.4. The molecule has 0 aliphatic rings. The lowest BCUT2D eigenvalue weighted by atomic mass is 10.0. The molecule has 0 saturated carbocycles. The van der Waals surface area contributed by atoms with E-state index < -0.39 is 0 Å². The molecule has 0 spiro atoms. The Morgan fingerprint density at radius 2 is 1.77 bits per heavy atom. The molecule has 0 atom stereocenters. The van der Waals surface area contributed by atoms with Crippen LogP contribution in [-0.2, 0) is 4.79 Å². The maximum Gasteiger partial charge on any atom is 0.234 e. The fraction of sp³-hybridized carbons (Fsp3) is 0.0500. The van der Waals surface area contributed by atoms with Gasteiger partial charge in [0.2, 0.25) is 5.91 Å². The minimum Gasteiger partial charge on any atom is -0.325 e. The third-order valence-corrected chi connectivity index (χ3v) is 4.70. The van der Waals surface area contributed by atoms with Crippen LogP contribution in [0.2, 0.25) is 5.02 Å². The highest BCUT2D eigenvalue weighted by Crippen LogP contribution is 2.24. The zero-order valence-electron chi connectivity index (χ0n) is 13.7. The molecule has 0 aliphatic heterocycles. The lowest BCUT2D eigenvalue weighted by Crippen LogP contribution is -2.17. The second-order valence-corrected chi connectivity index (χ2v) is 6.82. The molecule has 1 heterocycles. The Morgan fingerprint density at radius 1 is 1.00 bits per heavy atom. The van der Waals surface area contributed by atoms with Crippen LogP contribution in [0.3, 0.4) is 0 Å². The molecule has 1 aromatic heterocycles. The van der Waals surface area contributed by atoms with Crippen molar-refractivity contribution >= 4 is 40.7 Å². The van der Waals surface area contributed by atoms with Crippen LogP contribution < -0.4 is 5.32 Å². The van der Waals surface area contributed by atoms with Crippen molar-refractivity contribution in [2.75, 3.05) is 11.1 Å². The average Bonchev–Trinajstić information content (AvgIpc) is 2.69. The Labute approximate surface area is 160 Å². The molecular weight excluding hydrogens is 368 g/mol. The number of amides is 1. The van der Waals surface area contributed by atoms with E-state index in [1.54, 1.807) is 48.7 Å². The number of hydrogen-bond acceptors (Lipinski definition) is 4. The first-order valence-electron chi connectivity index (χ1n) is 7.86. The lowest BCUT2D eigenvalue weighted by Gasteiger charge is -2.11. The van der Waals surface area contributed by atoms with Crippen LogP contribution in [0.4, 0.5) is 5.69 Å². The molecule has 0 fully saturated rings. The summed E-state index contributed by atoms with van der Waals surface area (Å²) in [7, 11) is 0. The minimum absolute atomic E-state index is 0.193. The smallest absolute Gasteiger partial charge is 0.234 e. The third-order valence-electron chi connectivity index (χ3n) is 3.53. The van der Waals surface area contributed by atoms with Crippen molar-refractivity contribution in [2.24, 2.45) is 0 Å². The van der Waals surface area contributed by atoms with Crippen LogP contribution in [0.5, 0.6) is 0 Å². The van der Waals surface area contributed by atoms with Crippen molar-refractivity contribution in [1.29, 1.82) is 0 Å². The van der Waals surface area contributed by atoms with E-state index in [-0.39, 0.29) is 17.4 Å². The maximum atomic E-state index is 12.8. The first-order chi connectivity index (χ1) is 12.6. The first kappa shape index (κ1) is 18.2. The number of nitrogens with one attached hydrogen (secondary N) is 1. The van der Waals surface area contributed by atoms with Crippen molar-refractivity contribution in [1.82, 2.24) is 4.98 Å². The summed E-state index contributed by atoms with van der Waals surface area (Å²) in [6.07, 6.45) is 1.68. The van der Waals surface area contributed by atoms with Gasteiger partial charge in [0.05, 0.1) is 16.5 Å². The topological polar surface area (TPSA) is 59.1 Å². The fourth-order valence-corrected chi connectivity index (χ4v) is 3.15. The van der Waals surface area contributed by atoms with Gasteiger partial charge in [-0.1, -0.05) is 59.8 Å². The summed E-state index contributed by atoms with van der Waals surface area (Å²) in [6.45, 7) is 0. The molecule has 3 rings (SSSR count). The van der Waals surface area contributed by atoms with Gasteiger partial charge >= 0.3 is 0 Å². The number of hydrogen-bond donors (Lipinski definition) is 1. The van der Waals surface area contributed by atoms with Crippen LogP contribution in [-0.4, -0.2) is 22.4 Å². The van der Waals surface area contributed by atoms with Gasteiger partial charge in [0.15, 0.2) is 5.78 Å². The normalized spacial score (nSPS) is 10.3. The van der Waals surface area contributed by atoms with Crippen molar-refractivity contribution in [3.8, 4) is 0 Å². The molecule has 0 saturated heterocycles. The number of benzene rings is 2. The quantitative estimate of drug-likeness (QED) is 0.496. The molecule has 26 heavy (non-hydrogen) atoms. The van der Waals surface area contributed by atoms with Gasteiger partial charge in [-0.15, -0.1) is 0 Å². The van der Waals surface area contributed by atoms with Crippen molar-refractivity contribution in [3.05, 3.63) is 89.1 Å². The molecule has 4 nitrogen and oxygen atoms in total. The number of carbonyl (C=O) groups excluding carboxylic acids is 2. The summed E-state index contributed by atoms with van der Waals surface area (Å²) in [5.41, 5.74) is 1.34. The Balaban J connectivity index is 1.75. The van der Waals surface area contributed by atoms with E-state index in [1.807, 2.05) is 24.3 Å². The van der Waals surface area contributed by atoms with Gasteiger partial charge in [-0.2, -0.15) is 0 Å².